The summed E-state index contributed by atoms with van der Waals surface area (Å²) in [6.07, 6.45) is 3.38. The number of fused-ring (bicyclic) bond motifs is 1. The molecule has 204 valence electrons. The van der Waals surface area contributed by atoms with Crippen LogP contribution in [-0.2, 0) is 11.2 Å². The Morgan fingerprint density at radius 2 is 1.87 bits per heavy atom. The number of ether oxygens (including phenoxy) is 2. The lowest BCUT2D eigenvalue weighted by Crippen LogP contribution is -2.26. The molecule has 1 fully saturated rings. The monoisotopic (exact) mass is 547 g/mol. The average Bonchev–Trinajstić information content (AvgIpc) is 3.33. The second-order valence-electron chi connectivity index (χ2n) is 10.5. The summed E-state index contributed by atoms with van der Waals surface area (Å²) in [5.41, 5.74) is 7.33. The van der Waals surface area contributed by atoms with Gasteiger partial charge in [0.1, 0.15) is 11.9 Å². The molecule has 0 amide bonds. The van der Waals surface area contributed by atoms with Gasteiger partial charge in [0.15, 0.2) is 0 Å². The largest absolute Gasteiger partial charge is 0.489 e. The van der Waals surface area contributed by atoms with Gasteiger partial charge in [0, 0.05) is 24.7 Å². The molecule has 3 aromatic carbocycles. The van der Waals surface area contributed by atoms with Crippen LogP contribution in [-0.4, -0.2) is 50.4 Å². The molecule has 1 aliphatic heterocycles. The first kappa shape index (κ1) is 27.4. The topological polar surface area (TPSA) is 38.8 Å². The summed E-state index contributed by atoms with van der Waals surface area (Å²) in [4.78, 5) is 14.6. The van der Waals surface area contributed by atoms with Crippen LogP contribution in [0.5, 0.6) is 5.75 Å². The lowest BCUT2D eigenvalue weighted by molar-refractivity contribution is 0.0600. The number of likely N-dealkylation sites (tertiary alicyclic amines) is 1. The number of hydrogen-bond acceptors (Lipinski definition) is 4. The smallest absolute Gasteiger partial charge is 0.337 e. The Bertz CT molecular complexity index is 1370. The normalized spacial score (nSPS) is 19.5. The molecule has 5 rings (SSSR count). The maximum atomic E-state index is 12.6. The number of allylic oxidation sites excluding steroid dienone is 1. The van der Waals surface area contributed by atoms with Gasteiger partial charge in [-0.25, -0.2) is 4.79 Å². The van der Waals surface area contributed by atoms with Crippen molar-refractivity contribution in [3.05, 3.63) is 99.6 Å². The van der Waals surface area contributed by atoms with Crippen LogP contribution in [0.2, 0.25) is 5.02 Å². The highest BCUT2D eigenvalue weighted by atomic mass is 35.5. The van der Waals surface area contributed by atoms with E-state index in [-0.39, 0.29) is 24.7 Å². The highest BCUT2D eigenvalue weighted by Gasteiger charge is 2.27. The number of hydrogen-bond donors (Lipinski definition) is 0. The molecular weight excluding hydrogens is 513 g/mol. The van der Waals surface area contributed by atoms with Crippen molar-refractivity contribution in [2.75, 3.05) is 33.4 Å². The number of carbonyl (C=O) groups excluding carboxylic acids is 1. The van der Waals surface area contributed by atoms with Gasteiger partial charge >= 0.3 is 5.97 Å². The Morgan fingerprint density at radius 3 is 2.67 bits per heavy atom. The van der Waals surface area contributed by atoms with Gasteiger partial charge in [0.05, 0.1) is 19.3 Å². The molecule has 1 aliphatic carbocycles. The zero-order chi connectivity index (χ0) is 27.4. The molecule has 0 saturated carbocycles. The first-order valence-corrected chi connectivity index (χ1v) is 14.1. The van der Waals surface area contributed by atoms with E-state index in [4.69, 9.17) is 21.1 Å². The van der Waals surface area contributed by atoms with E-state index in [0.29, 0.717) is 17.0 Å². The van der Waals surface area contributed by atoms with E-state index in [1.54, 1.807) is 0 Å². The maximum absolute atomic E-state index is 12.6. The van der Waals surface area contributed by atoms with Crippen molar-refractivity contribution in [1.82, 2.24) is 4.90 Å². The molecule has 3 aromatic rings. The third-order valence-electron chi connectivity index (χ3n) is 7.80. The highest BCUT2D eigenvalue weighted by molar-refractivity contribution is 6.30. The van der Waals surface area contributed by atoms with Gasteiger partial charge in [-0.05, 0) is 101 Å². The lowest BCUT2D eigenvalue weighted by Gasteiger charge is -2.22. The average molecular weight is 548 g/mol. The number of esters is 1. The maximum Gasteiger partial charge on any atom is 0.337 e. The fourth-order valence-corrected chi connectivity index (χ4v) is 6.08. The van der Waals surface area contributed by atoms with E-state index >= 15 is 0 Å². The van der Waals surface area contributed by atoms with Gasteiger partial charge < -0.3 is 9.47 Å². The standard InChI is InChI=1S/C33H35ClFNO3/c1-22-10-11-23-18-26(33(37)38-2)12-13-30(23)32(31(22)24-6-3-8-27(34)19-24)25-7-4-9-28(20-25)39-29-14-17-36(21-29)16-5-15-35/h3-4,6-9,12-13,18-20,22,29H,5,10-11,14-17,21H2,1-2H3/t22?,29-/m1/s1. The molecule has 0 bridgehead atoms. The van der Waals surface area contributed by atoms with Gasteiger partial charge in [-0.2, -0.15) is 0 Å². The molecule has 0 radical (unpaired) electrons. The van der Waals surface area contributed by atoms with Crippen LogP contribution in [0.25, 0.3) is 11.1 Å². The number of alkyl halides is 1. The van der Waals surface area contributed by atoms with Gasteiger partial charge in [-0.1, -0.05) is 48.9 Å². The molecule has 0 N–H and O–H groups in total. The number of methoxy groups -OCH3 is 1. The third-order valence-corrected chi connectivity index (χ3v) is 8.04. The van der Waals surface area contributed by atoms with Crippen molar-refractivity contribution in [2.24, 2.45) is 5.92 Å². The molecule has 39 heavy (non-hydrogen) atoms. The Labute approximate surface area is 235 Å². The summed E-state index contributed by atoms with van der Waals surface area (Å²) >= 11 is 6.46. The lowest BCUT2D eigenvalue weighted by atomic mass is 9.84. The molecule has 4 nitrogen and oxygen atoms in total. The van der Waals surface area contributed by atoms with Crippen LogP contribution in [0.3, 0.4) is 0 Å². The number of carbonyl (C=O) groups is 1. The Morgan fingerprint density at radius 1 is 1.05 bits per heavy atom. The first-order valence-electron chi connectivity index (χ1n) is 13.7. The summed E-state index contributed by atoms with van der Waals surface area (Å²) in [6.45, 7) is 4.50. The van der Waals surface area contributed by atoms with E-state index in [1.807, 2.05) is 48.5 Å². The van der Waals surface area contributed by atoms with Crippen LogP contribution >= 0.6 is 11.6 Å². The molecule has 2 atom stereocenters. The van der Waals surface area contributed by atoms with Crippen molar-refractivity contribution in [3.8, 4) is 5.75 Å². The summed E-state index contributed by atoms with van der Waals surface area (Å²) in [5.74, 6) is 0.756. The zero-order valence-electron chi connectivity index (χ0n) is 22.6. The Balaban J connectivity index is 1.58. The molecule has 1 heterocycles. The highest BCUT2D eigenvalue weighted by Crippen LogP contribution is 2.44. The number of benzene rings is 3. The zero-order valence-corrected chi connectivity index (χ0v) is 23.3. The molecular formula is C33H35ClFNO3. The predicted octanol–water partition coefficient (Wildman–Crippen LogP) is 7.48. The summed E-state index contributed by atoms with van der Waals surface area (Å²) in [6, 6.07) is 22.2. The summed E-state index contributed by atoms with van der Waals surface area (Å²) in [5, 5.41) is 0.702. The Hall–Kier alpha value is -3.15. The Kier molecular flexibility index (Phi) is 8.69. The molecule has 1 saturated heterocycles. The molecule has 2 aliphatic rings. The minimum atomic E-state index is -0.330. The van der Waals surface area contributed by atoms with Crippen molar-refractivity contribution in [3.63, 3.8) is 0 Å². The second-order valence-corrected chi connectivity index (χ2v) is 10.9. The fraction of sp³-hybridized carbons (Fsp3) is 0.364. The van der Waals surface area contributed by atoms with E-state index in [1.165, 1.54) is 12.7 Å². The van der Waals surface area contributed by atoms with Gasteiger partial charge in [0.2, 0.25) is 0 Å². The minimum Gasteiger partial charge on any atom is -0.489 e. The van der Waals surface area contributed by atoms with Crippen LogP contribution in [0, 0.1) is 5.92 Å². The van der Waals surface area contributed by atoms with Crippen molar-refractivity contribution < 1.29 is 18.7 Å². The SMILES string of the molecule is COC(=O)c1ccc2c(c1)CCC(C)C(c1cccc(Cl)c1)=C2c1cccc(O[C@@H]2CCN(CCCF)C2)c1. The molecule has 0 spiro atoms. The van der Waals surface area contributed by atoms with Crippen LogP contribution < -0.4 is 4.74 Å². The third kappa shape index (κ3) is 6.21. The predicted molar refractivity (Wildman–Crippen MR) is 155 cm³/mol. The van der Waals surface area contributed by atoms with E-state index in [9.17, 15) is 9.18 Å². The van der Waals surface area contributed by atoms with Crippen LogP contribution in [0.1, 0.15) is 58.8 Å². The fourth-order valence-electron chi connectivity index (χ4n) is 5.89. The van der Waals surface area contributed by atoms with E-state index in [0.717, 1.165) is 72.5 Å². The second kappa shape index (κ2) is 12.4. The van der Waals surface area contributed by atoms with Crippen molar-refractivity contribution >= 4 is 28.7 Å². The van der Waals surface area contributed by atoms with Gasteiger partial charge in [-0.15, -0.1) is 0 Å². The van der Waals surface area contributed by atoms with E-state index < -0.39 is 0 Å². The molecule has 1 unspecified atom stereocenters. The minimum absolute atomic E-state index is 0.0872. The molecule has 0 aromatic heterocycles. The summed E-state index contributed by atoms with van der Waals surface area (Å²) in [7, 11) is 1.41. The number of nitrogens with zero attached hydrogens (tertiary/aromatic N) is 1. The molecule has 6 heteroatoms. The quantitative estimate of drug-likeness (QED) is 0.274. The van der Waals surface area contributed by atoms with Crippen molar-refractivity contribution in [2.45, 2.75) is 38.7 Å². The van der Waals surface area contributed by atoms with E-state index in [2.05, 4.69) is 30.0 Å². The van der Waals surface area contributed by atoms with Gasteiger partial charge in [-0.3, -0.25) is 9.29 Å². The number of aryl methyl sites for hydroxylation is 1. The summed E-state index contributed by atoms with van der Waals surface area (Å²) < 4.78 is 24.1. The van der Waals surface area contributed by atoms with Gasteiger partial charge in [0.25, 0.3) is 0 Å². The van der Waals surface area contributed by atoms with Crippen LogP contribution in [0.15, 0.2) is 66.7 Å². The first-order chi connectivity index (χ1) is 19.0. The van der Waals surface area contributed by atoms with Crippen LogP contribution in [0.4, 0.5) is 4.39 Å². The number of halogens is 2. The number of rotatable bonds is 8. The van der Waals surface area contributed by atoms with Crippen molar-refractivity contribution in [1.29, 1.82) is 0 Å².